The quantitative estimate of drug-likeness (QED) is 0.616. The average Bonchev–Trinajstić information content (AvgIpc) is 3.08. The standard InChI is InChI=1S/C27H36N4O6/c1-17(36-19-13-15-30(16-14-19)26(35)37-27(2,3)4)9-10-18-7-6-8-20-23(18)29(5)25(34)31(20)21-11-12-22(32)28-24(21)33/h6-10,17,19,21H,11-16H2,1-5H3,(H,28,32,33)/b10-9+. The Morgan fingerprint density at radius 3 is 2.49 bits per heavy atom. The van der Waals surface area contributed by atoms with E-state index in [2.05, 4.69) is 5.32 Å². The van der Waals surface area contributed by atoms with E-state index in [1.165, 1.54) is 9.13 Å². The topological polar surface area (TPSA) is 112 Å². The highest BCUT2D eigenvalue weighted by Gasteiger charge is 2.31. The molecule has 2 aliphatic heterocycles. The first-order valence-corrected chi connectivity index (χ1v) is 12.8. The number of likely N-dealkylation sites (tertiary alicyclic amines) is 1. The van der Waals surface area contributed by atoms with Crippen LogP contribution < -0.4 is 11.0 Å². The van der Waals surface area contributed by atoms with E-state index in [0.717, 1.165) is 18.4 Å². The number of hydrogen-bond donors (Lipinski definition) is 1. The largest absolute Gasteiger partial charge is 0.444 e. The minimum Gasteiger partial charge on any atom is -0.444 e. The molecule has 2 saturated heterocycles. The Morgan fingerprint density at radius 2 is 1.84 bits per heavy atom. The van der Waals surface area contributed by atoms with Gasteiger partial charge in [0.15, 0.2) is 0 Å². The second-order valence-corrected chi connectivity index (χ2v) is 10.8. The van der Waals surface area contributed by atoms with Gasteiger partial charge < -0.3 is 14.4 Å². The summed E-state index contributed by atoms with van der Waals surface area (Å²) in [5.41, 5.74) is 1.38. The highest BCUT2D eigenvalue weighted by molar-refractivity contribution is 6.00. The molecule has 10 heteroatoms. The van der Waals surface area contributed by atoms with Crippen LogP contribution in [-0.2, 0) is 26.1 Å². The molecule has 0 bridgehead atoms. The molecule has 2 aromatic rings. The van der Waals surface area contributed by atoms with Crippen molar-refractivity contribution in [2.24, 2.45) is 7.05 Å². The third kappa shape index (κ3) is 5.95. The Balaban J connectivity index is 1.44. The number of nitrogens with zero attached hydrogens (tertiary/aromatic N) is 3. The molecule has 3 amide bonds. The van der Waals surface area contributed by atoms with Gasteiger partial charge in [-0.25, -0.2) is 9.59 Å². The molecule has 0 radical (unpaired) electrons. The molecule has 2 unspecified atom stereocenters. The average molecular weight is 513 g/mol. The number of amides is 3. The predicted molar refractivity (Wildman–Crippen MR) is 139 cm³/mol. The van der Waals surface area contributed by atoms with E-state index >= 15 is 0 Å². The second kappa shape index (κ2) is 10.5. The molecule has 2 atom stereocenters. The minimum absolute atomic E-state index is 0.0343. The maximum Gasteiger partial charge on any atom is 0.410 e. The smallest absolute Gasteiger partial charge is 0.410 e. The Kier molecular flexibility index (Phi) is 7.59. The number of benzene rings is 1. The number of aromatic nitrogens is 2. The summed E-state index contributed by atoms with van der Waals surface area (Å²) in [5.74, 6) is -0.769. The second-order valence-electron chi connectivity index (χ2n) is 10.8. The number of ether oxygens (including phenoxy) is 2. The van der Waals surface area contributed by atoms with E-state index in [-0.39, 0.29) is 36.3 Å². The van der Waals surface area contributed by atoms with Crippen LogP contribution in [0, 0.1) is 0 Å². The molecular formula is C27H36N4O6. The molecule has 1 N–H and O–H groups in total. The summed E-state index contributed by atoms with van der Waals surface area (Å²) in [6, 6.07) is 4.86. The van der Waals surface area contributed by atoms with Gasteiger partial charge in [0, 0.05) is 32.1 Å². The van der Waals surface area contributed by atoms with Gasteiger partial charge in [-0.1, -0.05) is 24.3 Å². The van der Waals surface area contributed by atoms with E-state index in [4.69, 9.17) is 9.47 Å². The number of imide groups is 1. The van der Waals surface area contributed by atoms with Gasteiger partial charge in [-0.2, -0.15) is 0 Å². The van der Waals surface area contributed by atoms with Crippen LogP contribution >= 0.6 is 0 Å². The SMILES string of the molecule is CC(/C=C/c1cccc2c1n(C)c(=O)n2C1CCC(=O)NC1=O)OC1CCN(C(=O)OC(C)(C)C)CC1. The zero-order valence-corrected chi connectivity index (χ0v) is 22.2. The van der Waals surface area contributed by atoms with Crippen molar-refractivity contribution in [1.29, 1.82) is 0 Å². The third-order valence-corrected chi connectivity index (χ3v) is 6.70. The van der Waals surface area contributed by atoms with Crippen molar-refractivity contribution >= 4 is 35.0 Å². The maximum absolute atomic E-state index is 13.1. The van der Waals surface area contributed by atoms with Gasteiger partial charge in [-0.15, -0.1) is 0 Å². The minimum atomic E-state index is -0.720. The van der Waals surface area contributed by atoms with Gasteiger partial charge in [-0.05, 0) is 53.0 Å². The molecule has 2 aliphatic rings. The van der Waals surface area contributed by atoms with Crippen LogP contribution in [0.2, 0.25) is 0 Å². The summed E-state index contributed by atoms with van der Waals surface area (Å²) in [4.78, 5) is 51.1. The molecule has 2 fully saturated rings. The van der Waals surface area contributed by atoms with Crippen molar-refractivity contribution in [1.82, 2.24) is 19.4 Å². The lowest BCUT2D eigenvalue weighted by molar-refractivity contribution is -0.135. The van der Waals surface area contributed by atoms with Gasteiger partial charge in [0.25, 0.3) is 0 Å². The number of aryl methyl sites for hydroxylation is 1. The van der Waals surface area contributed by atoms with Crippen molar-refractivity contribution in [2.75, 3.05) is 13.1 Å². The number of carbonyl (C=O) groups excluding carboxylic acids is 3. The first-order valence-electron chi connectivity index (χ1n) is 12.8. The van der Waals surface area contributed by atoms with Crippen molar-refractivity contribution in [3.63, 3.8) is 0 Å². The van der Waals surface area contributed by atoms with Gasteiger partial charge in [0.1, 0.15) is 11.6 Å². The number of carbonyl (C=O) groups is 3. The summed E-state index contributed by atoms with van der Waals surface area (Å²) >= 11 is 0. The van der Waals surface area contributed by atoms with Gasteiger partial charge in [0.2, 0.25) is 11.8 Å². The lowest BCUT2D eigenvalue weighted by Gasteiger charge is -2.34. The van der Waals surface area contributed by atoms with Gasteiger partial charge in [0.05, 0.1) is 23.2 Å². The molecule has 10 nitrogen and oxygen atoms in total. The van der Waals surface area contributed by atoms with E-state index in [1.54, 1.807) is 11.9 Å². The fraction of sp³-hybridized carbons (Fsp3) is 0.556. The number of hydrogen-bond acceptors (Lipinski definition) is 6. The molecule has 3 heterocycles. The predicted octanol–water partition coefficient (Wildman–Crippen LogP) is 3.14. The summed E-state index contributed by atoms with van der Waals surface area (Å²) in [5, 5.41) is 2.34. The van der Waals surface area contributed by atoms with Crippen LogP contribution in [0.5, 0.6) is 0 Å². The molecule has 1 aromatic heterocycles. The fourth-order valence-corrected chi connectivity index (χ4v) is 4.92. The number of para-hydroxylation sites is 1. The molecule has 4 rings (SSSR count). The van der Waals surface area contributed by atoms with Crippen LogP contribution in [0.3, 0.4) is 0 Å². The number of fused-ring (bicyclic) bond motifs is 1. The first kappa shape index (κ1) is 26.7. The Labute approximate surface area is 216 Å². The maximum atomic E-state index is 13.1. The fourth-order valence-electron chi connectivity index (χ4n) is 4.92. The van der Waals surface area contributed by atoms with E-state index < -0.39 is 17.6 Å². The third-order valence-electron chi connectivity index (χ3n) is 6.70. The van der Waals surface area contributed by atoms with Gasteiger partial charge >= 0.3 is 11.8 Å². The Hall–Kier alpha value is -3.40. The number of rotatable bonds is 5. The summed E-state index contributed by atoms with van der Waals surface area (Å²) in [6.45, 7) is 8.71. The summed E-state index contributed by atoms with van der Waals surface area (Å²) in [6.07, 6.45) is 5.40. The van der Waals surface area contributed by atoms with Crippen LogP contribution in [-0.4, -0.2) is 62.8 Å². The normalized spacial score (nSPS) is 20.5. The summed E-state index contributed by atoms with van der Waals surface area (Å²) < 4.78 is 14.7. The highest BCUT2D eigenvalue weighted by atomic mass is 16.6. The molecule has 37 heavy (non-hydrogen) atoms. The van der Waals surface area contributed by atoms with Crippen LogP contribution in [0.15, 0.2) is 29.1 Å². The lowest BCUT2D eigenvalue weighted by Crippen LogP contribution is -2.44. The number of imidazole rings is 1. The summed E-state index contributed by atoms with van der Waals surface area (Å²) in [7, 11) is 1.68. The van der Waals surface area contributed by atoms with Crippen LogP contribution in [0.4, 0.5) is 4.79 Å². The van der Waals surface area contributed by atoms with E-state index in [1.807, 2.05) is 58.0 Å². The van der Waals surface area contributed by atoms with Gasteiger partial charge in [-0.3, -0.25) is 24.0 Å². The molecule has 1 aromatic carbocycles. The zero-order valence-electron chi connectivity index (χ0n) is 22.2. The van der Waals surface area contributed by atoms with Crippen molar-refractivity contribution in [3.8, 4) is 0 Å². The molecule has 0 spiro atoms. The Bertz CT molecular complexity index is 1280. The van der Waals surface area contributed by atoms with Crippen molar-refractivity contribution in [2.45, 2.75) is 77.2 Å². The number of piperidine rings is 2. The first-order chi connectivity index (χ1) is 17.4. The Morgan fingerprint density at radius 1 is 1.14 bits per heavy atom. The zero-order chi connectivity index (χ0) is 26.9. The van der Waals surface area contributed by atoms with Crippen LogP contribution in [0.1, 0.15) is 65.0 Å². The van der Waals surface area contributed by atoms with Crippen LogP contribution in [0.25, 0.3) is 17.1 Å². The van der Waals surface area contributed by atoms with E-state index in [0.29, 0.717) is 30.5 Å². The monoisotopic (exact) mass is 512 g/mol. The lowest BCUT2D eigenvalue weighted by atomic mass is 10.1. The number of nitrogens with one attached hydrogen (secondary N) is 1. The highest BCUT2D eigenvalue weighted by Crippen LogP contribution is 2.26. The molecular weight excluding hydrogens is 476 g/mol. The molecule has 0 saturated carbocycles. The van der Waals surface area contributed by atoms with Crippen molar-refractivity contribution in [3.05, 3.63) is 40.3 Å². The molecule has 0 aliphatic carbocycles. The molecule has 200 valence electrons. The van der Waals surface area contributed by atoms with Crippen molar-refractivity contribution < 1.29 is 23.9 Å². The van der Waals surface area contributed by atoms with E-state index in [9.17, 15) is 19.2 Å².